The molecule has 1 rings (SSSR count). The van der Waals surface area contributed by atoms with Gasteiger partial charge < -0.3 is 22.1 Å². The molecule has 6 N–H and O–H groups in total. The molecule has 0 bridgehead atoms. The van der Waals surface area contributed by atoms with Crippen molar-refractivity contribution >= 4 is 34.9 Å². The Morgan fingerprint density at radius 3 is 2.37 bits per heavy atom. The van der Waals surface area contributed by atoms with Gasteiger partial charge in [0.05, 0.1) is 6.04 Å². The lowest BCUT2D eigenvalue weighted by Crippen LogP contribution is -2.53. The highest BCUT2D eigenvalue weighted by atomic mass is 32.1. The summed E-state index contributed by atoms with van der Waals surface area (Å²) in [5.41, 5.74) is 10.7. The summed E-state index contributed by atoms with van der Waals surface area (Å²) >= 11 is 1.22. The molecule has 0 aliphatic rings. The van der Waals surface area contributed by atoms with Crippen molar-refractivity contribution in [1.29, 1.82) is 0 Å². The summed E-state index contributed by atoms with van der Waals surface area (Å²) in [5, 5.41) is 7.63. The lowest BCUT2D eigenvalue weighted by Gasteiger charge is -2.25. The number of nitrogens with zero attached hydrogens (tertiary/aromatic N) is 2. The summed E-state index contributed by atoms with van der Waals surface area (Å²) in [6, 6.07) is -1.50. The average molecular weight is 439 g/mol. The number of nitrogens with two attached hydrogens (primary N) is 2. The molecule has 1 aromatic heterocycles. The van der Waals surface area contributed by atoms with Crippen molar-refractivity contribution in [3.05, 3.63) is 16.6 Å². The van der Waals surface area contributed by atoms with E-state index in [-0.39, 0.29) is 29.5 Å². The van der Waals surface area contributed by atoms with Gasteiger partial charge in [-0.1, -0.05) is 27.7 Å². The van der Waals surface area contributed by atoms with E-state index in [1.807, 2.05) is 27.7 Å². The van der Waals surface area contributed by atoms with E-state index in [4.69, 9.17) is 11.5 Å². The van der Waals surface area contributed by atoms with Gasteiger partial charge in [0.25, 0.3) is 0 Å². The monoisotopic (exact) mass is 438 g/mol. The van der Waals surface area contributed by atoms with Crippen LogP contribution in [0, 0.1) is 11.8 Å². The van der Waals surface area contributed by atoms with Gasteiger partial charge in [0.2, 0.25) is 17.6 Å². The Balaban J connectivity index is 2.84. The Morgan fingerprint density at radius 2 is 1.83 bits per heavy atom. The van der Waals surface area contributed by atoms with Gasteiger partial charge in [0, 0.05) is 24.5 Å². The smallest absolute Gasteiger partial charge is 0.243 e. The number of guanidine groups is 1. The zero-order valence-corrected chi connectivity index (χ0v) is 19.0. The van der Waals surface area contributed by atoms with Crippen LogP contribution < -0.4 is 22.1 Å². The molecule has 0 radical (unpaired) electrons. The van der Waals surface area contributed by atoms with E-state index in [2.05, 4.69) is 20.6 Å². The normalized spacial score (nSPS) is 13.0. The molecule has 1 aromatic rings. The quantitative estimate of drug-likeness (QED) is 0.158. The van der Waals surface area contributed by atoms with Crippen molar-refractivity contribution in [2.75, 3.05) is 6.54 Å². The summed E-state index contributed by atoms with van der Waals surface area (Å²) in [6.45, 7) is 8.13. The molecule has 2 amide bonds. The first-order chi connectivity index (χ1) is 14.1. The molecule has 0 saturated carbocycles. The second-order valence-electron chi connectivity index (χ2n) is 7.93. The zero-order chi connectivity index (χ0) is 22.7. The molecule has 0 aliphatic heterocycles. The lowest BCUT2D eigenvalue weighted by molar-refractivity contribution is -0.130. The van der Waals surface area contributed by atoms with Crippen LogP contribution >= 0.6 is 11.3 Å². The lowest BCUT2D eigenvalue weighted by atomic mass is 10.0. The van der Waals surface area contributed by atoms with Crippen LogP contribution in [0.1, 0.15) is 63.2 Å². The molecular formula is C20H34N6O3S. The molecule has 10 heteroatoms. The second kappa shape index (κ2) is 12.9. The van der Waals surface area contributed by atoms with Crippen LogP contribution in [0.2, 0.25) is 0 Å². The van der Waals surface area contributed by atoms with Crippen LogP contribution in [0.3, 0.4) is 0 Å². The Kier molecular flexibility index (Phi) is 11.0. The maximum Gasteiger partial charge on any atom is 0.243 e. The van der Waals surface area contributed by atoms with Gasteiger partial charge in [-0.3, -0.25) is 19.4 Å². The molecule has 2 atom stereocenters. The summed E-state index contributed by atoms with van der Waals surface area (Å²) < 4.78 is 0. The Bertz CT molecular complexity index is 714. The van der Waals surface area contributed by atoms with Crippen molar-refractivity contribution in [2.24, 2.45) is 28.3 Å². The Morgan fingerprint density at radius 1 is 1.13 bits per heavy atom. The fraction of sp³-hybridized carbons (Fsp3) is 0.650. The topological polar surface area (TPSA) is 153 Å². The van der Waals surface area contributed by atoms with Gasteiger partial charge in [0.15, 0.2) is 11.0 Å². The third-order valence-corrected chi connectivity index (χ3v) is 5.22. The minimum atomic E-state index is -0.772. The largest absolute Gasteiger partial charge is 0.370 e. The fourth-order valence-electron chi connectivity index (χ4n) is 2.73. The number of ketones is 1. The summed E-state index contributed by atoms with van der Waals surface area (Å²) in [5.74, 6) is -0.590. The van der Waals surface area contributed by atoms with Crippen LogP contribution in [-0.2, 0) is 9.59 Å². The minimum absolute atomic E-state index is 0.0224. The number of amides is 2. The third kappa shape index (κ3) is 9.34. The average Bonchev–Trinajstić information content (AvgIpc) is 3.20. The molecule has 0 unspecified atom stereocenters. The molecule has 1 heterocycles. The van der Waals surface area contributed by atoms with Gasteiger partial charge >= 0.3 is 0 Å². The highest BCUT2D eigenvalue weighted by Gasteiger charge is 2.29. The molecule has 0 saturated heterocycles. The van der Waals surface area contributed by atoms with Crippen LogP contribution in [0.15, 0.2) is 16.6 Å². The van der Waals surface area contributed by atoms with Gasteiger partial charge in [0.1, 0.15) is 6.04 Å². The maximum absolute atomic E-state index is 12.9. The Labute approximate surface area is 182 Å². The molecule has 0 spiro atoms. The summed E-state index contributed by atoms with van der Waals surface area (Å²) in [6.07, 6.45) is 3.50. The minimum Gasteiger partial charge on any atom is -0.370 e. The van der Waals surface area contributed by atoms with Crippen molar-refractivity contribution < 1.29 is 14.4 Å². The number of carbonyl (C=O) groups excluding carboxylic acids is 3. The predicted octanol–water partition coefficient (Wildman–Crippen LogP) is 1.44. The molecular weight excluding hydrogens is 404 g/mol. The first-order valence-electron chi connectivity index (χ1n) is 10.2. The van der Waals surface area contributed by atoms with E-state index in [0.29, 0.717) is 36.7 Å². The van der Waals surface area contributed by atoms with Crippen LogP contribution in [-0.4, -0.2) is 47.2 Å². The highest BCUT2D eigenvalue weighted by molar-refractivity contribution is 7.11. The number of Topliss-reactive ketones (excluding diaryl/α,β-unsaturated/α-hetero) is 1. The van der Waals surface area contributed by atoms with Gasteiger partial charge in [-0.25, -0.2) is 4.98 Å². The van der Waals surface area contributed by atoms with E-state index in [1.165, 1.54) is 11.3 Å². The van der Waals surface area contributed by atoms with Gasteiger partial charge in [-0.2, -0.15) is 0 Å². The molecule has 9 nitrogen and oxygen atoms in total. The molecule has 0 aromatic carbocycles. The van der Waals surface area contributed by atoms with Crippen LogP contribution in [0.5, 0.6) is 0 Å². The number of hydrogen-bond acceptors (Lipinski definition) is 6. The maximum atomic E-state index is 12.9. The predicted molar refractivity (Wildman–Crippen MR) is 119 cm³/mol. The number of carbonyl (C=O) groups is 3. The molecule has 0 aliphatic carbocycles. The zero-order valence-electron chi connectivity index (χ0n) is 18.2. The van der Waals surface area contributed by atoms with E-state index in [9.17, 15) is 14.4 Å². The van der Waals surface area contributed by atoms with Crippen molar-refractivity contribution in [3.8, 4) is 0 Å². The van der Waals surface area contributed by atoms with Crippen molar-refractivity contribution in [3.63, 3.8) is 0 Å². The standard InChI is InChI=1S/C20H34N6O3S/c1-12(2)7-8-15(27)26-16(13(3)4)18(29)25-14(6-5-9-24-20(21)22)17(28)19-23-10-11-30-19/h10-14,16H,5-9H2,1-4H3,(H,25,29)(H,26,27)(H4,21,22,24)/t14-,16-/m0/s1. The number of nitrogens with one attached hydrogen (secondary N) is 2. The molecule has 30 heavy (non-hydrogen) atoms. The van der Waals surface area contributed by atoms with Gasteiger partial charge in [-0.15, -0.1) is 11.3 Å². The number of hydrogen-bond donors (Lipinski definition) is 4. The van der Waals surface area contributed by atoms with E-state index in [1.54, 1.807) is 11.6 Å². The Hall–Kier alpha value is -2.49. The van der Waals surface area contributed by atoms with E-state index >= 15 is 0 Å². The number of rotatable bonds is 13. The van der Waals surface area contributed by atoms with Crippen molar-refractivity contribution in [1.82, 2.24) is 15.6 Å². The van der Waals surface area contributed by atoms with Gasteiger partial charge in [-0.05, 0) is 31.1 Å². The van der Waals surface area contributed by atoms with E-state index < -0.39 is 12.1 Å². The number of thiazole rings is 1. The van der Waals surface area contributed by atoms with Crippen LogP contribution in [0.25, 0.3) is 0 Å². The first kappa shape index (κ1) is 25.5. The first-order valence-corrected chi connectivity index (χ1v) is 11.1. The second-order valence-corrected chi connectivity index (χ2v) is 8.83. The summed E-state index contributed by atoms with van der Waals surface area (Å²) in [4.78, 5) is 46.0. The number of aliphatic imine (C=N–C) groups is 1. The van der Waals surface area contributed by atoms with Crippen molar-refractivity contribution in [2.45, 2.75) is 65.5 Å². The molecule has 0 fully saturated rings. The summed E-state index contributed by atoms with van der Waals surface area (Å²) in [7, 11) is 0. The number of aromatic nitrogens is 1. The fourth-order valence-corrected chi connectivity index (χ4v) is 3.36. The van der Waals surface area contributed by atoms with Crippen LogP contribution in [0.4, 0.5) is 0 Å². The highest BCUT2D eigenvalue weighted by Crippen LogP contribution is 2.13. The SMILES string of the molecule is CC(C)CCC(=O)N[C@H](C(=O)N[C@@H](CCCN=C(N)N)C(=O)c1nccs1)C(C)C. The molecule has 168 valence electrons. The van der Waals surface area contributed by atoms with E-state index in [0.717, 1.165) is 6.42 Å². The third-order valence-electron chi connectivity index (χ3n) is 4.44.